The van der Waals surface area contributed by atoms with Crippen molar-refractivity contribution in [3.05, 3.63) is 82.0 Å². The second-order valence-corrected chi connectivity index (χ2v) is 7.98. The fraction of sp³-hybridized carbons (Fsp3) is 0.419. The summed E-state index contributed by atoms with van der Waals surface area (Å²) in [6.07, 6.45) is 6.26. The van der Waals surface area contributed by atoms with Crippen LogP contribution in [0.1, 0.15) is 62.8 Å². The molecular weight excluding hydrogens is 432 g/mol. The summed E-state index contributed by atoms with van der Waals surface area (Å²) in [5.74, 6) is 1.00. The molecule has 1 N–H and O–H groups in total. The Morgan fingerprint density at radius 3 is 2.26 bits per heavy atom. The first-order chi connectivity index (χ1) is 16.9. The number of allylic oxidation sites excluding steroid dienone is 3. The third kappa shape index (κ3) is 11.7. The molecule has 4 heteroatoms. The number of rotatable bonds is 6. The van der Waals surface area contributed by atoms with Gasteiger partial charge in [-0.3, -0.25) is 4.79 Å². The highest BCUT2D eigenvalue weighted by Gasteiger charge is 2.15. The van der Waals surface area contributed by atoms with Gasteiger partial charge in [0.25, 0.3) is 0 Å². The molecule has 0 bridgehead atoms. The van der Waals surface area contributed by atoms with Gasteiger partial charge in [-0.15, -0.1) is 0 Å². The number of hydrogen-bond acceptors (Lipinski definition) is 4. The van der Waals surface area contributed by atoms with Crippen LogP contribution in [0.5, 0.6) is 5.75 Å². The molecule has 0 amide bonds. The second kappa shape index (κ2) is 18.2. The van der Waals surface area contributed by atoms with E-state index in [2.05, 4.69) is 68.1 Å². The molecule has 2 aromatic carbocycles. The van der Waals surface area contributed by atoms with Gasteiger partial charge in [0.1, 0.15) is 5.75 Å². The smallest absolute Gasteiger partial charge is 0.159 e. The molecule has 0 saturated carbocycles. The number of benzene rings is 2. The van der Waals surface area contributed by atoms with Gasteiger partial charge in [0.15, 0.2) is 5.78 Å². The van der Waals surface area contributed by atoms with Crippen LogP contribution in [0.25, 0.3) is 0 Å². The summed E-state index contributed by atoms with van der Waals surface area (Å²) in [6, 6.07) is 12.6. The minimum absolute atomic E-state index is 0.186. The molecule has 192 valence electrons. The van der Waals surface area contributed by atoms with Gasteiger partial charge >= 0.3 is 0 Å². The van der Waals surface area contributed by atoms with Crippen LogP contribution in [0.4, 0.5) is 5.69 Å². The van der Waals surface area contributed by atoms with Crippen LogP contribution in [-0.4, -0.2) is 33.2 Å². The van der Waals surface area contributed by atoms with E-state index in [0.717, 1.165) is 29.9 Å². The molecule has 1 aliphatic carbocycles. The SMILES string of the molecule is C=NC.CC.CC.COc1ccc(C)cc1NCC1=CC(=O)C/C(=C\Cc2ccc(C)c(C)c2)C1. The molecule has 2 aromatic rings. The zero-order valence-electron chi connectivity index (χ0n) is 23.4. The van der Waals surface area contributed by atoms with Crippen molar-refractivity contribution < 1.29 is 9.53 Å². The number of aliphatic imine (C=N–C) groups is 1. The van der Waals surface area contributed by atoms with Crippen molar-refractivity contribution >= 4 is 18.2 Å². The predicted octanol–water partition coefficient (Wildman–Crippen LogP) is 7.86. The summed E-state index contributed by atoms with van der Waals surface area (Å²) in [5.41, 5.74) is 8.37. The molecule has 0 heterocycles. The Balaban J connectivity index is 0.00000150. The Labute approximate surface area is 214 Å². The maximum absolute atomic E-state index is 12.2. The average Bonchev–Trinajstić information content (AvgIpc) is 2.86. The molecule has 1 aliphatic rings. The second-order valence-electron chi connectivity index (χ2n) is 7.98. The van der Waals surface area contributed by atoms with Crippen LogP contribution in [0.2, 0.25) is 0 Å². The summed E-state index contributed by atoms with van der Waals surface area (Å²) in [5, 5.41) is 3.43. The van der Waals surface area contributed by atoms with Crippen LogP contribution >= 0.6 is 0 Å². The van der Waals surface area contributed by atoms with Gasteiger partial charge in [-0.2, -0.15) is 0 Å². The third-order valence-electron chi connectivity index (χ3n) is 5.28. The van der Waals surface area contributed by atoms with E-state index in [4.69, 9.17) is 4.74 Å². The zero-order chi connectivity index (χ0) is 26.8. The van der Waals surface area contributed by atoms with Crippen molar-refractivity contribution in [2.45, 2.75) is 67.7 Å². The van der Waals surface area contributed by atoms with E-state index in [9.17, 15) is 4.79 Å². The molecule has 0 atom stereocenters. The van der Waals surface area contributed by atoms with E-state index in [-0.39, 0.29) is 5.78 Å². The van der Waals surface area contributed by atoms with E-state index in [1.807, 2.05) is 39.8 Å². The number of ether oxygens (including phenoxy) is 1. The molecule has 0 radical (unpaired) electrons. The zero-order valence-corrected chi connectivity index (χ0v) is 23.4. The van der Waals surface area contributed by atoms with E-state index in [1.54, 1.807) is 20.2 Å². The average molecular weight is 479 g/mol. The summed E-state index contributed by atoms with van der Waals surface area (Å²) in [7, 11) is 3.31. The fourth-order valence-electron chi connectivity index (χ4n) is 3.53. The molecule has 0 unspecified atom stereocenters. The van der Waals surface area contributed by atoms with E-state index >= 15 is 0 Å². The largest absolute Gasteiger partial charge is 0.495 e. The Kier molecular flexibility index (Phi) is 16.6. The van der Waals surface area contributed by atoms with Gasteiger partial charge in [-0.25, -0.2) is 0 Å². The van der Waals surface area contributed by atoms with Gasteiger partial charge in [0.2, 0.25) is 0 Å². The molecule has 4 nitrogen and oxygen atoms in total. The molecule has 0 spiro atoms. The summed E-state index contributed by atoms with van der Waals surface area (Å²) in [6.45, 7) is 18.1. The number of ketones is 1. The van der Waals surface area contributed by atoms with E-state index in [0.29, 0.717) is 13.0 Å². The lowest BCUT2D eigenvalue weighted by molar-refractivity contribution is -0.114. The lowest BCUT2D eigenvalue weighted by Crippen LogP contribution is -2.13. The normalized spacial score (nSPS) is 13.1. The summed E-state index contributed by atoms with van der Waals surface area (Å²) < 4.78 is 5.43. The maximum Gasteiger partial charge on any atom is 0.159 e. The number of carbonyl (C=O) groups is 1. The number of methoxy groups -OCH3 is 1. The molecule has 3 rings (SSSR count). The van der Waals surface area contributed by atoms with E-state index in [1.165, 1.54) is 27.8 Å². The molecule has 0 saturated heterocycles. The minimum Gasteiger partial charge on any atom is -0.495 e. The Hall–Kier alpha value is -3.14. The van der Waals surface area contributed by atoms with Crippen molar-refractivity contribution in [3.8, 4) is 5.75 Å². The highest BCUT2D eigenvalue weighted by molar-refractivity contribution is 5.93. The van der Waals surface area contributed by atoms with Gasteiger partial charge in [-0.05, 0) is 86.4 Å². The van der Waals surface area contributed by atoms with Gasteiger partial charge in [-0.1, -0.05) is 63.6 Å². The van der Waals surface area contributed by atoms with E-state index < -0.39 is 0 Å². The lowest BCUT2D eigenvalue weighted by Gasteiger charge is -2.18. The monoisotopic (exact) mass is 478 g/mol. The van der Waals surface area contributed by atoms with Crippen LogP contribution in [-0.2, 0) is 11.2 Å². The Bertz CT molecular complexity index is 987. The van der Waals surface area contributed by atoms with Crippen LogP contribution in [0.15, 0.2) is 64.7 Å². The summed E-state index contributed by atoms with van der Waals surface area (Å²) >= 11 is 0. The minimum atomic E-state index is 0.186. The molecular formula is C31H46N2O2. The first-order valence-electron chi connectivity index (χ1n) is 12.6. The number of aryl methyl sites for hydroxylation is 3. The molecule has 0 aromatic heterocycles. The van der Waals surface area contributed by atoms with Crippen molar-refractivity contribution in [2.75, 3.05) is 26.0 Å². The van der Waals surface area contributed by atoms with Gasteiger partial charge in [0.05, 0.1) is 12.8 Å². The third-order valence-corrected chi connectivity index (χ3v) is 5.28. The quantitative estimate of drug-likeness (QED) is 0.339. The number of hydrogen-bond donors (Lipinski definition) is 1. The molecule has 35 heavy (non-hydrogen) atoms. The summed E-state index contributed by atoms with van der Waals surface area (Å²) in [4.78, 5) is 15.5. The highest BCUT2D eigenvalue weighted by atomic mass is 16.5. The van der Waals surface area contributed by atoms with Gasteiger partial charge < -0.3 is 15.0 Å². The topological polar surface area (TPSA) is 50.7 Å². The lowest BCUT2D eigenvalue weighted by atomic mass is 9.91. The van der Waals surface area contributed by atoms with Crippen LogP contribution in [0, 0.1) is 20.8 Å². The number of nitrogens with one attached hydrogen (secondary N) is 1. The first kappa shape index (κ1) is 31.9. The predicted molar refractivity (Wildman–Crippen MR) is 154 cm³/mol. The fourth-order valence-corrected chi connectivity index (χ4v) is 3.53. The van der Waals surface area contributed by atoms with Crippen molar-refractivity contribution in [1.82, 2.24) is 0 Å². The number of carbonyl (C=O) groups excluding carboxylic acids is 1. The molecule has 0 fully saturated rings. The van der Waals surface area contributed by atoms with Crippen molar-refractivity contribution in [3.63, 3.8) is 0 Å². The number of anilines is 1. The first-order valence-corrected chi connectivity index (χ1v) is 12.6. The standard InChI is InChI=1S/C25H29NO2.C2H5N.2C2H6/c1-17-5-10-25(28-4)24(11-17)26-16-22-13-21(14-23(27)15-22)9-8-20-7-6-18(2)19(3)12-20;1-3-2;2*1-2/h5-7,9-12,15,26H,8,13-14,16H2,1-4H3;1H2,2H3;2*1-2H3/b21-9-;;;. The maximum atomic E-state index is 12.2. The van der Waals surface area contributed by atoms with Crippen LogP contribution < -0.4 is 10.1 Å². The number of nitrogens with zero attached hydrogens (tertiary/aromatic N) is 1. The highest BCUT2D eigenvalue weighted by Crippen LogP contribution is 2.27. The Morgan fingerprint density at radius 2 is 1.66 bits per heavy atom. The molecule has 0 aliphatic heterocycles. The van der Waals surface area contributed by atoms with Crippen molar-refractivity contribution in [2.24, 2.45) is 4.99 Å². The Morgan fingerprint density at radius 1 is 1.00 bits per heavy atom. The van der Waals surface area contributed by atoms with Crippen molar-refractivity contribution in [1.29, 1.82) is 0 Å². The van der Waals surface area contributed by atoms with Crippen LogP contribution in [0.3, 0.4) is 0 Å². The van der Waals surface area contributed by atoms with Gasteiger partial charge in [0, 0.05) is 20.0 Å².